The Morgan fingerprint density at radius 3 is 2.68 bits per heavy atom. The first kappa shape index (κ1) is 20.0. The maximum Gasteiger partial charge on any atom is 0.351 e. The normalized spacial score (nSPS) is 29.0. The van der Waals surface area contributed by atoms with Gasteiger partial charge in [-0.3, -0.25) is 9.13 Å². The minimum Gasteiger partial charge on any atom is -0.383 e. The maximum absolute atomic E-state index is 12.1. The molecule has 2 heterocycles. The Morgan fingerprint density at radius 1 is 1.48 bits per heavy atom. The molecule has 1 aliphatic heterocycles. The Hall–Kier alpha value is -1.29. The van der Waals surface area contributed by atoms with E-state index in [2.05, 4.69) is 4.98 Å². The number of nitrogen functional groups attached to an aromatic ring is 1. The molecule has 25 heavy (non-hydrogen) atoms. The molecule has 11 heteroatoms. The molecule has 0 bridgehead atoms. The van der Waals surface area contributed by atoms with E-state index in [-0.39, 0.29) is 18.5 Å². The molecule has 2 rings (SSSR count). The van der Waals surface area contributed by atoms with E-state index in [1.165, 1.54) is 23.9 Å². The first-order chi connectivity index (χ1) is 11.6. The van der Waals surface area contributed by atoms with Crippen molar-refractivity contribution in [3.63, 3.8) is 0 Å². The molecule has 5 unspecified atom stereocenters. The first-order valence-electron chi connectivity index (χ1n) is 7.75. The highest BCUT2D eigenvalue weighted by molar-refractivity contribution is 7.51. The Balaban J connectivity index is 2.31. The number of anilines is 1. The number of hydrogen-bond donors (Lipinski definition) is 2. The molecular weight excluding hydrogens is 353 g/mol. The minimum absolute atomic E-state index is 0.0929. The van der Waals surface area contributed by atoms with Crippen molar-refractivity contribution in [3.8, 4) is 0 Å². The highest BCUT2D eigenvalue weighted by atomic mass is 31.2. The number of nitrogens with zero attached hydrogens (tertiary/aromatic N) is 2. The van der Waals surface area contributed by atoms with Gasteiger partial charge in [0.2, 0.25) is 0 Å². The molecule has 1 fully saturated rings. The van der Waals surface area contributed by atoms with Gasteiger partial charge in [0.25, 0.3) is 0 Å². The van der Waals surface area contributed by atoms with Crippen LogP contribution in [0.1, 0.15) is 20.1 Å². The van der Waals surface area contributed by atoms with Gasteiger partial charge in [0.15, 0.2) is 6.23 Å². The van der Waals surface area contributed by atoms with Gasteiger partial charge in [-0.2, -0.15) is 4.98 Å². The van der Waals surface area contributed by atoms with E-state index in [9.17, 15) is 14.3 Å². The lowest BCUT2D eigenvalue weighted by Crippen LogP contribution is -2.40. The predicted octanol–water partition coefficient (Wildman–Crippen LogP) is 0.363. The Labute approximate surface area is 145 Å². The third-order valence-electron chi connectivity index (χ3n) is 3.59. The van der Waals surface area contributed by atoms with Crippen LogP contribution in [0.2, 0.25) is 0 Å². The zero-order valence-electron chi connectivity index (χ0n) is 14.6. The summed E-state index contributed by atoms with van der Waals surface area (Å²) in [6.45, 7) is 4.58. The number of hydrogen-bond acceptors (Lipinski definition) is 8. The molecular formula is C14H24N3O7P. The van der Waals surface area contributed by atoms with E-state index in [1.54, 1.807) is 0 Å². The molecule has 5 atom stereocenters. The highest BCUT2D eigenvalue weighted by Crippen LogP contribution is 2.40. The van der Waals surface area contributed by atoms with Gasteiger partial charge in [-0.05, 0) is 19.9 Å². The average Bonchev–Trinajstić information content (AvgIpc) is 2.81. The zero-order valence-corrected chi connectivity index (χ0v) is 15.5. The topological polar surface area (TPSA) is 135 Å². The van der Waals surface area contributed by atoms with Crippen molar-refractivity contribution in [2.24, 2.45) is 0 Å². The minimum atomic E-state index is -3.69. The van der Waals surface area contributed by atoms with Crippen molar-refractivity contribution in [2.75, 3.05) is 26.1 Å². The second kappa shape index (κ2) is 7.94. The Kier molecular flexibility index (Phi) is 6.36. The van der Waals surface area contributed by atoms with Crippen LogP contribution in [-0.2, 0) is 23.3 Å². The number of methoxy groups -OCH3 is 1. The van der Waals surface area contributed by atoms with Crippen molar-refractivity contribution in [2.45, 2.75) is 44.5 Å². The number of nitrogens with two attached hydrogens (primary N) is 1. The summed E-state index contributed by atoms with van der Waals surface area (Å²) in [5.74, 6) is 0.0929. The molecule has 0 saturated carbocycles. The molecule has 0 amide bonds. The van der Waals surface area contributed by atoms with Gasteiger partial charge in [-0.1, -0.05) is 0 Å². The molecule has 10 nitrogen and oxygen atoms in total. The number of rotatable bonds is 7. The molecule has 3 N–H and O–H groups in total. The van der Waals surface area contributed by atoms with Crippen LogP contribution in [0, 0.1) is 0 Å². The Bertz CT molecular complexity index is 689. The average molecular weight is 377 g/mol. The van der Waals surface area contributed by atoms with Crippen LogP contribution < -0.4 is 11.4 Å². The smallest absolute Gasteiger partial charge is 0.351 e. The molecule has 1 aromatic rings. The third-order valence-corrected chi connectivity index (χ3v) is 4.22. The summed E-state index contributed by atoms with van der Waals surface area (Å²) in [6.07, 6.45) is -1.50. The molecule has 0 radical (unpaired) electrons. The fraction of sp³-hybridized carbons (Fsp3) is 0.714. The van der Waals surface area contributed by atoms with Gasteiger partial charge in [-0.15, -0.1) is 0 Å². The van der Waals surface area contributed by atoms with Gasteiger partial charge in [0.05, 0.1) is 12.7 Å². The monoisotopic (exact) mass is 377 g/mol. The summed E-state index contributed by atoms with van der Waals surface area (Å²) < 4.78 is 34.8. The van der Waals surface area contributed by atoms with E-state index in [0.717, 1.165) is 6.66 Å². The zero-order chi connectivity index (χ0) is 18.8. The van der Waals surface area contributed by atoms with E-state index in [0.29, 0.717) is 0 Å². The summed E-state index contributed by atoms with van der Waals surface area (Å²) in [5, 5.41) is 0. The molecule has 0 aromatic carbocycles. The Morgan fingerprint density at radius 2 is 2.16 bits per heavy atom. The van der Waals surface area contributed by atoms with Crippen LogP contribution in [0.15, 0.2) is 17.1 Å². The van der Waals surface area contributed by atoms with Crippen LogP contribution >= 0.6 is 7.60 Å². The summed E-state index contributed by atoms with van der Waals surface area (Å²) in [5.41, 5.74) is 4.91. The van der Waals surface area contributed by atoms with Gasteiger partial charge in [0, 0.05) is 20.0 Å². The predicted molar refractivity (Wildman–Crippen MR) is 89.3 cm³/mol. The maximum atomic E-state index is 12.1. The lowest BCUT2D eigenvalue weighted by molar-refractivity contribution is -0.0832. The highest BCUT2D eigenvalue weighted by Gasteiger charge is 2.48. The van der Waals surface area contributed by atoms with Crippen LogP contribution in [0.25, 0.3) is 0 Å². The summed E-state index contributed by atoms with van der Waals surface area (Å²) >= 11 is 0. The van der Waals surface area contributed by atoms with Gasteiger partial charge < -0.3 is 29.4 Å². The fourth-order valence-electron chi connectivity index (χ4n) is 2.63. The van der Waals surface area contributed by atoms with Crippen LogP contribution in [0.4, 0.5) is 5.82 Å². The molecule has 1 saturated heterocycles. The molecule has 1 aromatic heterocycles. The first-order valence-corrected chi connectivity index (χ1v) is 9.78. The van der Waals surface area contributed by atoms with E-state index < -0.39 is 37.8 Å². The van der Waals surface area contributed by atoms with Crippen LogP contribution in [-0.4, -0.2) is 59.2 Å². The third kappa shape index (κ3) is 5.10. The second-order valence-corrected chi connectivity index (χ2v) is 7.92. The van der Waals surface area contributed by atoms with E-state index >= 15 is 0 Å². The molecule has 1 aliphatic rings. The lowest BCUT2D eigenvalue weighted by Gasteiger charge is -2.25. The van der Waals surface area contributed by atoms with Crippen LogP contribution in [0.3, 0.4) is 0 Å². The SMILES string of the molecule is COC1C(OC(C)C)C(COP(C)(=O)O)OC1n1ccc(N)nc1=O. The van der Waals surface area contributed by atoms with Crippen molar-refractivity contribution in [1.82, 2.24) is 9.55 Å². The summed E-state index contributed by atoms with van der Waals surface area (Å²) in [6, 6.07) is 1.47. The largest absolute Gasteiger partial charge is 0.383 e. The quantitative estimate of drug-likeness (QED) is 0.646. The van der Waals surface area contributed by atoms with Crippen LogP contribution in [0.5, 0.6) is 0 Å². The van der Waals surface area contributed by atoms with E-state index in [4.69, 9.17) is 24.5 Å². The van der Waals surface area contributed by atoms with Gasteiger partial charge >= 0.3 is 13.3 Å². The standard InChI is InChI=1S/C14H24N3O7P/c1-8(2)23-11-9(7-22-25(4,19)20)24-13(12(11)21-3)17-6-5-10(15)16-14(17)18/h5-6,8-9,11-13H,7H2,1-4H3,(H,19,20)(H2,15,16,18). The van der Waals surface area contributed by atoms with Crippen molar-refractivity contribution in [1.29, 1.82) is 0 Å². The fourth-order valence-corrected chi connectivity index (χ4v) is 3.05. The van der Waals surface area contributed by atoms with E-state index in [1.807, 2.05) is 13.8 Å². The van der Waals surface area contributed by atoms with Gasteiger partial charge in [0.1, 0.15) is 24.1 Å². The van der Waals surface area contributed by atoms with Gasteiger partial charge in [-0.25, -0.2) is 4.79 Å². The second-order valence-electron chi connectivity index (χ2n) is 6.06. The number of aromatic nitrogens is 2. The molecule has 0 aliphatic carbocycles. The summed E-state index contributed by atoms with van der Waals surface area (Å²) in [7, 11) is -2.22. The lowest BCUT2D eigenvalue weighted by atomic mass is 10.1. The molecule has 0 spiro atoms. The summed E-state index contributed by atoms with van der Waals surface area (Å²) in [4.78, 5) is 25.2. The van der Waals surface area contributed by atoms with Crippen molar-refractivity contribution >= 4 is 13.4 Å². The van der Waals surface area contributed by atoms with Crippen molar-refractivity contribution < 1.29 is 28.2 Å². The number of ether oxygens (including phenoxy) is 3. The van der Waals surface area contributed by atoms with Crippen molar-refractivity contribution in [3.05, 3.63) is 22.7 Å². The molecule has 142 valence electrons.